The zero-order chi connectivity index (χ0) is 10.0. The lowest BCUT2D eigenvalue weighted by molar-refractivity contribution is -0.136. The van der Waals surface area contributed by atoms with Crippen LogP contribution in [0.5, 0.6) is 0 Å². The van der Waals surface area contributed by atoms with Crippen LogP contribution in [-0.2, 0) is 18.3 Å². The first-order chi connectivity index (χ1) is 6.00. The van der Waals surface area contributed by atoms with Crippen molar-refractivity contribution in [2.45, 2.75) is 13.3 Å². The van der Waals surface area contributed by atoms with Crippen molar-refractivity contribution in [1.82, 2.24) is 9.78 Å². The third-order valence-corrected chi connectivity index (χ3v) is 1.60. The van der Waals surface area contributed by atoms with Gasteiger partial charge in [0.05, 0.1) is 12.1 Å². The fraction of sp³-hybridized carbons (Fsp3) is 0.375. The average Bonchev–Trinajstić information content (AvgIpc) is 1.98. The third-order valence-electron chi connectivity index (χ3n) is 1.60. The molecular formula is C8H10N2O3. The summed E-state index contributed by atoms with van der Waals surface area (Å²) in [4.78, 5) is 21.7. The molecule has 0 bridgehead atoms. The first kappa shape index (κ1) is 9.44. The minimum absolute atomic E-state index is 0.254. The summed E-state index contributed by atoms with van der Waals surface area (Å²) in [5.74, 6) is -1.01. The van der Waals surface area contributed by atoms with Crippen LogP contribution in [-0.4, -0.2) is 20.9 Å². The Morgan fingerprint density at radius 1 is 1.69 bits per heavy atom. The van der Waals surface area contributed by atoms with Crippen LogP contribution >= 0.6 is 0 Å². The molecular weight excluding hydrogens is 172 g/mol. The predicted octanol–water partition coefficient (Wildman–Crippen LogP) is -0.284. The van der Waals surface area contributed by atoms with E-state index in [1.807, 2.05) is 0 Å². The van der Waals surface area contributed by atoms with Crippen LogP contribution in [0.1, 0.15) is 11.3 Å². The van der Waals surface area contributed by atoms with Crippen molar-refractivity contribution in [2.75, 3.05) is 0 Å². The number of aryl methyl sites for hydroxylation is 2. The van der Waals surface area contributed by atoms with E-state index < -0.39 is 5.97 Å². The molecule has 0 spiro atoms. The first-order valence-electron chi connectivity index (χ1n) is 3.76. The molecule has 0 aromatic carbocycles. The SMILES string of the molecule is Cc1cc(CC(=O)O)c(=O)n(C)n1. The molecule has 1 aromatic rings. The molecule has 0 amide bonds. The van der Waals surface area contributed by atoms with Gasteiger partial charge in [0.2, 0.25) is 0 Å². The first-order valence-corrected chi connectivity index (χ1v) is 3.76. The highest BCUT2D eigenvalue weighted by molar-refractivity contribution is 5.69. The molecule has 13 heavy (non-hydrogen) atoms. The van der Waals surface area contributed by atoms with Crippen LogP contribution in [0.2, 0.25) is 0 Å². The van der Waals surface area contributed by atoms with Crippen LogP contribution in [0.4, 0.5) is 0 Å². The second-order valence-electron chi connectivity index (χ2n) is 2.81. The van der Waals surface area contributed by atoms with Gasteiger partial charge in [0.1, 0.15) is 0 Å². The number of hydrogen-bond acceptors (Lipinski definition) is 3. The fourth-order valence-electron chi connectivity index (χ4n) is 1.12. The van der Waals surface area contributed by atoms with Gasteiger partial charge in [0, 0.05) is 12.6 Å². The highest BCUT2D eigenvalue weighted by Gasteiger charge is 2.07. The van der Waals surface area contributed by atoms with E-state index in [1.165, 1.54) is 13.1 Å². The molecule has 5 heteroatoms. The number of aliphatic carboxylic acids is 1. The van der Waals surface area contributed by atoms with Crippen molar-refractivity contribution in [2.24, 2.45) is 7.05 Å². The van der Waals surface area contributed by atoms with Crippen LogP contribution in [0.25, 0.3) is 0 Å². The normalized spacial score (nSPS) is 10.0. The standard InChI is InChI=1S/C8H10N2O3/c1-5-3-6(4-7(11)12)8(13)10(2)9-5/h3H,4H2,1-2H3,(H,11,12). The maximum absolute atomic E-state index is 11.3. The molecule has 1 heterocycles. The summed E-state index contributed by atoms with van der Waals surface area (Å²) in [5, 5.41) is 12.4. The molecule has 0 atom stereocenters. The Bertz CT molecular complexity index is 395. The Morgan fingerprint density at radius 3 is 2.85 bits per heavy atom. The maximum atomic E-state index is 11.3. The van der Waals surface area contributed by atoms with Crippen LogP contribution in [0.15, 0.2) is 10.9 Å². The van der Waals surface area contributed by atoms with Crippen molar-refractivity contribution in [3.05, 3.63) is 27.7 Å². The van der Waals surface area contributed by atoms with Crippen molar-refractivity contribution in [3.63, 3.8) is 0 Å². The lowest BCUT2D eigenvalue weighted by Gasteiger charge is -2.01. The molecule has 0 saturated carbocycles. The van der Waals surface area contributed by atoms with Gasteiger partial charge in [-0.25, -0.2) is 4.68 Å². The fourth-order valence-corrected chi connectivity index (χ4v) is 1.12. The Morgan fingerprint density at radius 2 is 2.31 bits per heavy atom. The second kappa shape index (κ2) is 3.38. The van der Waals surface area contributed by atoms with Crippen molar-refractivity contribution in [1.29, 1.82) is 0 Å². The molecule has 0 radical (unpaired) electrons. The molecule has 70 valence electrons. The molecule has 0 aliphatic heterocycles. The van der Waals surface area contributed by atoms with Gasteiger partial charge in [-0.05, 0) is 13.0 Å². The number of carboxylic acid groups (broad SMARTS) is 1. The molecule has 0 unspecified atom stereocenters. The summed E-state index contributed by atoms with van der Waals surface area (Å²) in [5.41, 5.74) is 0.550. The zero-order valence-corrected chi connectivity index (χ0v) is 7.44. The van der Waals surface area contributed by atoms with E-state index in [2.05, 4.69) is 5.10 Å². The van der Waals surface area contributed by atoms with Gasteiger partial charge >= 0.3 is 5.97 Å². The minimum atomic E-state index is -1.01. The Hall–Kier alpha value is -1.65. The monoisotopic (exact) mass is 182 g/mol. The van der Waals surface area contributed by atoms with Gasteiger partial charge in [-0.3, -0.25) is 9.59 Å². The molecule has 0 aliphatic rings. The van der Waals surface area contributed by atoms with Gasteiger partial charge in [0.15, 0.2) is 0 Å². The maximum Gasteiger partial charge on any atom is 0.308 e. The Kier molecular flexibility index (Phi) is 2.46. The summed E-state index contributed by atoms with van der Waals surface area (Å²) >= 11 is 0. The highest BCUT2D eigenvalue weighted by Crippen LogP contribution is 1.95. The molecule has 5 nitrogen and oxygen atoms in total. The van der Waals surface area contributed by atoms with Crippen molar-refractivity contribution in [3.8, 4) is 0 Å². The average molecular weight is 182 g/mol. The van der Waals surface area contributed by atoms with Gasteiger partial charge in [-0.1, -0.05) is 0 Å². The van der Waals surface area contributed by atoms with Crippen LogP contribution in [0, 0.1) is 6.92 Å². The second-order valence-corrected chi connectivity index (χ2v) is 2.81. The Labute approximate surface area is 74.6 Å². The predicted molar refractivity (Wildman–Crippen MR) is 45.6 cm³/mol. The zero-order valence-electron chi connectivity index (χ0n) is 7.44. The third kappa shape index (κ3) is 2.14. The highest BCUT2D eigenvalue weighted by atomic mass is 16.4. The lowest BCUT2D eigenvalue weighted by atomic mass is 10.2. The number of aromatic nitrogens is 2. The summed E-state index contributed by atoms with van der Waals surface area (Å²) in [6.45, 7) is 1.71. The minimum Gasteiger partial charge on any atom is -0.481 e. The Balaban J connectivity index is 3.21. The van der Waals surface area contributed by atoms with E-state index in [0.29, 0.717) is 5.69 Å². The van der Waals surface area contributed by atoms with E-state index in [1.54, 1.807) is 6.92 Å². The number of rotatable bonds is 2. The van der Waals surface area contributed by atoms with Gasteiger partial charge in [0.25, 0.3) is 5.56 Å². The van der Waals surface area contributed by atoms with Gasteiger partial charge in [-0.2, -0.15) is 5.10 Å². The molecule has 1 rings (SSSR count). The number of carbonyl (C=O) groups is 1. The lowest BCUT2D eigenvalue weighted by Crippen LogP contribution is -2.25. The molecule has 1 N–H and O–H groups in total. The topological polar surface area (TPSA) is 72.2 Å². The molecule has 1 aromatic heterocycles. The van der Waals surface area contributed by atoms with E-state index in [9.17, 15) is 9.59 Å². The molecule has 0 fully saturated rings. The molecule has 0 aliphatic carbocycles. The summed E-state index contributed by atoms with van der Waals surface area (Å²) < 4.78 is 1.15. The largest absolute Gasteiger partial charge is 0.481 e. The van der Waals surface area contributed by atoms with Crippen molar-refractivity contribution >= 4 is 5.97 Å². The number of hydrogen-bond donors (Lipinski definition) is 1. The van der Waals surface area contributed by atoms with E-state index in [4.69, 9.17) is 5.11 Å². The number of carboxylic acids is 1. The number of nitrogens with zero attached hydrogens (tertiary/aromatic N) is 2. The van der Waals surface area contributed by atoms with E-state index in [0.717, 1.165) is 4.68 Å². The van der Waals surface area contributed by atoms with E-state index in [-0.39, 0.29) is 17.5 Å². The summed E-state index contributed by atoms with van der Waals surface area (Å²) in [6.07, 6.45) is -0.254. The van der Waals surface area contributed by atoms with Gasteiger partial charge in [-0.15, -0.1) is 0 Å². The summed E-state index contributed by atoms with van der Waals surface area (Å²) in [6, 6.07) is 1.50. The quantitative estimate of drug-likeness (QED) is 0.682. The summed E-state index contributed by atoms with van der Waals surface area (Å²) in [7, 11) is 1.50. The molecule has 0 saturated heterocycles. The van der Waals surface area contributed by atoms with Crippen LogP contribution < -0.4 is 5.56 Å². The van der Waals surface area contributed by atoms with E-state index >= 15 is 0 Å². The van der Waals surface area contributed by atoms with Crippen LogP contribution in [0.3, 0.4) is 0 Å². The van der Waals surface area contributed by atoms with Crippen molar-refractivity contribution < 1.29 is 9.90 Å². The van der Waals surface area contributed by atoms with Gasteiger partial charge < -0.3 is 5.11 Å². The smallest absolute Gasteiger partial charge is 0.308 e.